The van der Waals surface area contributed by atoms with Gasteiger partial charge in [-0.2, -0.15) is 13.2 Å². The van der Waals surface area contributed by atoms with E-state index in [4.69, 9.17) is 4.42 Å². The van der Waals surface area contributed by atoms with Crippen molar-refractivity contribution in [2.75, 3.05) is 12.4 Å². The minimum absolute atomic E-state index is 0.138. The average Bonchev–Trinajstić information content (AvgIpc) is 3.31. The van der Waals surface area contributed by atoms with Crippen LogP contribution in [0.2, 0.25) is 0 Å². The van der Waals surface area contributed by atoms with Gasteiger partial charge in [0.15, 0.2) is 11.6 Å². The molecule has 2 saturated heterocycles. The Labute approximate surface area is 209 Å². The van der Waals surface area contributed by atoms with E-state index in [9.17, 15) is 26.7 Å². The van der Waals surface area contributed by atoms with Crippen molar-refractivity contribution >= 4 is 12.1 Å². The maximum atomic E-state index is 13.5. The van der Waals surface area contributed by atoms with Crippen molar-refractivity contribution in [2.45, 2.75) is 57.3 Å². The predicted molar refractivity (Wildman–Crippen MR) is 122 cm³/mol. The molecule has 198 valence electrons. The summed E-state index contributed by atoms with van der Waals surface area (Å²) in [5.41, 5.74) is -2.09. The number of anilines is 1. The predicted octanol–water partition coefficient (Wildman–Crippen LogP) is 5.11. The summed E-state index contributed by atoms with van der Waals surface area (Å²) < 4.78 is 70.5. The standard InChI is InChI=1S/C12H8F5N3.C12H17N3O2/c1-18-10-2-7(11-19-4-6(13)5-20-11)8(3-9(10)14)12(15,16)17;1-3-9-4-10-6-12(5-9,15(10)7-16)11-14-13-8(2)17-11/h2-5,18H,1H3;7,9-10H,3-6H2,1-2H3. The van der Waals surface area contributed by atoms with Crippen molar-refractivity contribution in [1.29, 1.82) is 0 Å². The third kappa shape index (κ3) is 4.98. The number of amides is 1. The highest BCUT2D eigenvalue weighted by atomic mass is 19.4. The second kappa shape index (κ2) is 10.0. The van der Waals surface area contributed by atoms with E-state index in [-0.39, 0.29) is 17.1 Å². The Morgan fingerprint density at radius 2 is 1.89 bits per heavy atom. The first kappa shape index (κ1) is 26.4. The molecule has 3 aromatic rings. The fourth-order valence-electron chi connectivity index (χ4n) is 5.07. The molecule has 13 heteroatoms. The molecule has 8 nitrogen and oxygen atoms in total. The summed E-state index contributed by atoms with van der Waals surface area (Å²) in [6.45, 7) is 3.99. The topological polar surface area (TPSA) is 97.0 Å². The van der Waals surface area contributed by atoms with Gasteiger partial charge >= 0.3 is 6.18 Å². The number of nitrogens with zero attached hydrogens (tertiary/aromatic N) is 5. The first-order valence-corrected chi connectivity index (χ1v) is 11.6. The zero-order valence-corrected chi connectivity index (χ0v) is 20.3. The molecule has 37 heavy (non-hydrogen) atoms. The molecule has 1 aromatic carbocycles. The molecule has 2 bridgehead atoms. The van der Waals surface area contributed by atoms with Crippen LogP contribution in [0.3, 0.4) is 0 Å². The van der Waals surface area contributed by atoms with E-state index in [1.54, 1.807) is 6.92 Å². The van der Waals surface area contributed by atoms with Gasteiger partial charge in [-0.3, -0.25) is 4.79 Å². The lowest BCUT2D eigenvalue weighted by Crippen LogP contribution is -2.67. The number of hydrogen-bond acceptors (Lipinski definition) is 7. The van der Waals surface area contributed by atoms with Gasteiger partial charge in [-0.25, -0.2) is 18.7 Å². The van der Waals surface area contributed by atoms with Crippen molar-refractivity contribution in [3.63, 3.8) is 0 Å². The Morgan fingerprint density at radius 3 is 2.43 bits per heavy atom. The molecule has 1 amide bonds. The number of aromatic nitrogens is 4. The average molecular weight is 524 g/mol. The van der Waals surface area contributed by atoms with Crippen LogP contribution in [0.15, 0.2) is 28.9 Å². The molecule has 2 aromatic heterocycles. The van der Waals surface area contributed by atoms with E-state index in [2.05, 4.69) is 32.4 Å². The van der Waals surface area contributed by atoms with Gasteiger partial charge in [0, 0.05) is 32.0 Å². The Bertz CT molecular complexity index is 1270. The van der Waals surface area contributed by atoms with Crippen molar-refractivity contribution in [1.82, 2.24) is 25.1 Å². The molecule has 1 aliphatic carbocycles. The van der Waals surface area contributed by atoms with E-state index < -0.39 is 28.9 Å². The number of hydrogen-bond donors (Lipinski definition) is 1. The van der Waals surface area contributed by atoms with Gasteiger partial charge in [-0.1, -0.05) is 13.3 Å². The molecule has 2 aliphatic heterocycles. The molecular formula is C24H25F5N6O2. The smallest absolute Gasteiger partial charge is 0.417 e. The van der Waals surface area contributed by atoms with Crippen LogP contribution in [-0.2, 0) is 16.5 Å². The van der Waals surface area contributed by atoms with Gasteiger partial charge in [-0.05, 0) is 30.9 Å². The quantitative estimate of drug-likeness (QED) is 0.366. The molecule has 1 N–H and O–H groups in total. The summed E-state index contributed by atoms with van der Waals surface area (Å²) in [6, 6.07) is 1.66. The SMILES string of the molecule is CCC1CC2CC(c3nnc(C)o3)(C1)N2C=O.CNc1cc(-c2ncc(F)cn2)c(C(F)(F)F)cc1F. The minimum Gasteiger partial charge on any atom is -0.423 e. The summed E-state index contributed by atoms with van der Waals surface area (Å²) in [6.07, 6.45) is 1.85. The lowest BCUT2D eigenvalue weighted by atomic mass is 9.63. The first-order chi connectivity index (χ1) is 17.5. The molecular weight excluding hydrogens is 499 g/mol. The number of carbonyl (C=O) groups is 1. The van der Waals surface area contributed by atoms with Gasteiger partial charge in [0.05, 0.1) is 23.6 Å². The second-order valence-electron chi connectivity index (χ2n) is 9.09. The maximum Gasteiger partial charge on any atom is 0.417 e. The van der Waals surface area contributed by atoms with E-state index >= 15 is 0 Å². The largest absolute Gasteiger partial charge is 0.423 e. The van der Waals surface area contributed by atoms with Gasteiger partial charge in [0.25, 0.3) is 0 Å². The number of aryl methyl sites for hydroxylation is 1. The van der Waals surface area contributed by atoms with E-state index in [1.807, 2.05) is 4.90 Å². The van der Waals surface area contributed by atoms with Crippen molar-refractivity contribution in [2.24, 2.45) is 5.92 Å². The summed E-state index contributed by atoms with van der Waals surface area (Å²) in [7, 11) is 1.36. The highest BCUT2D eigenvalue weighted by Gasteiger charge is 2.60. The van der Waals surface area contributed by atoms with Crippen LogP contribution in [0, 0.1) is 24.5 Å². The number of rotatable bonds is 5. The van der Waals surface area contributed by atoms with Crippen LogP contribution in [0.4, 0.5) is 27.6 Å². The summed E-state index contributed by atoms with van der Waals surface area (Å²) in [5.74, 6) is -0.310. The summed E-state index contributed by atoms with van der Waals surface area (Å²) in [5, 5.41) is 10.4. The fourth-order valence-corrected chi connectivity index (χ4v) is 5.07. The van der Waals surface area contributed by atoms with Gasteiger partial charge < -0.3 is 14.6 Å². The van der Waals surface area contributed by atoms with Crippen molar-refractivity contribution in [3.05, 3.63) is 53.5 Å². The van der Waals surface area contributed by atoms with Crippen LogP contribution in [-0.4, -0.2) is 44.6 Å². The number of fused-ring (bicyclic) bond motifs is 2. The lowest BCUT2D eigenvalue weighted by molar-refractivity contribution is -0.167. The third-order valence-corrected chi connectivity index (χ3v) is 6.85. The summed E-state index contributed by atoms with van der Waals surface area (Å²) >= 11 is 0. The number of piperidine rings is 1. The molecule has 3 atom stereocenters. The zero-order chi connectivity index (χ0) is 27.0. The van der Waals surface area contributed by atoms with Crippen molar-refractivity contribution in [3.8, 4) is 11.4 Å². The monoisotopic (exact) mass is 524 g/mol. The molecule has 1 saturated carbocycles. The van der Waals surface area contributed by atoms with Crippen LogP contribution in [0.5, 0.6) is 0 Å². The number of nitrogens with one attached hydrogen (secondary N) is 1. The van der Waals surface area contributed by atoms with E-state index in [0.29, 0.717) is 29.8 Å². The second-order valence-corrected chi connectivity index (χ2v) is 9.09. The Morgan fingerprint density at radius 1 is 1.19 bits per heavy atom. The van der Waals surface area contributed by atoms with Crippen LogP contribution in [0.25, 0.3) is 11.4 Å². The maximum absolute atomic E-state index is 13.5. The molecule has 4 heterocycles. The van der Waals surface area contributed by atoms with E-state index in [0.717, 1.165) is 50.6 Å². The highest BCUT2D eigenvalue weighted by molar-refractivity contribution is 5.67. The van der Waals surface area contributed by atoms with Crippen LogP contribution >= 0.6 is 0 Å². The molecule has 0 radical (unpaired) electrons. The number of halogens is 5. The molecule has 6 rings (SSSR count). The molecule has 3 aliphatic rings. The lowest BCUT2D eigenvalue weighted by Gasteiger charge is -2.60. The first-order valence-electron chi connectivity index (χ1n) is 11.6. The number of carbonyl (C=O) groups excluding carboxylic acids is 1. The number of alkyl halides is 3. The van der Waals surface area contributed by atoms with Crippen LogP contribution in [0.1, 0.15) is 50.0 Å². The molecule has 3 fully saturated rings. The molecule has 3 unspecified atom stereocenters. The summed E-state index contributed by atoms with van der Waals surface area (Å²) in [4.78, 5) is 20.1. The van der Waals surface area contributed by atoms with E-state index in [1.165, 1.54) is 7.05 Å². The third-order valence-electron chi connectivity index (χ3n) is 6.85. The molecule has 0 spiro atoms. The van der Waals surface area contributed by atoms with Crippen molar-refractivity contribution < 1.29 is 31.2 Å². The minimum atomic E-state index is -4.78. The zero-order valence-electron chi connectivity index (χ0n) is 20.3. The van der Waals surface area contributed by atoms with Gasteiger partial charge in [-0.15, -0.1) is 10.2 Å². The Hall–Kier alpha value is -3.64. The fraction of sp³-hybridized carbons (Fsp3) is 0.458. The van der Waals surface area contributed by atoms with Gasteiger partial charge in [0.1, 0.15) is 11.4 Å². The number of benzene rings is 1. The Balaban J connectivity index is 0.000000175. The Kier molecular flexibility index (Phi) is 7.16. The normalized spacial score (nSPS) is 22.5. The van der Waals surface area contributed by atoms with Gasteiger partial charge in [0.2, 0.25) is 18.2 Å². The van der Waals surface area contributed by atoms with Crippen LogP contribution < -0.4 is 5.32 Å². The highest BCUT2D eigenvalue weighted by Crippen LogP contribution is 2.55.